The van der Waals surface area contributed by atoms with E-state index < -0.39 is 16.1 Å². The third-order valence-corrected chi connectivity index (χ3v) is 43.8. The maximum absolute atomic E-state index is 2.75. The average Bonchev–Trinajstić information content (AvgIpc) is 0.672. The van der Waals surface area contributed by atoms with Crippen LogP contribution in [-0.4, -0.2) is 16.1 Å². The summed E-state index contributed by atoms with van der Waals surface area (Å²) in [7, 11) is -4.70. The van der Waals surface area contributed by atoms with Crippen molar-refractivity contribution in [2.45, 2.75) is 320 Å². The Morgan fingerprint density at radius 3 is 0.991 bits per heavy atom. The van der Waals surface area contributed by atoms with Gasteiger partial charge in [0.25, 0.3) is 0 Å². The van der Waals surface area contributed by atoms with E-state index in [-0.39, 0.29) is 25.9 Å². The first-order valence-electron chi connectivity index (χ1n) is 43.7. The molecule has 0 N–H and O–H groups in total. The van der Waals surface area contributed by atoms with Crippen LogP contribution in [0.25, 0.3) is 109 Å². The summed E-state index contributed by atoms with van der Waals surface area (Å²) in [6, 6.07) is 62.6. The lowest BCUT2D eigenvalue weighted by atomic mass is 9.59. The minimum Gasteiger partial charge on any atom is -0.0648 e. The lowest BCUT2D eigenvalue weighted by Gasteiger charge is -2.54. The lowest BCUT2D eigenvalue weighted by Crippen LogP contribution is -2.62. The Bertz CT molecular complexity index is 5410. The van der Waals surface area contributed by atoms with Gasteiger partial charge in [0.15, 0.2) is 0 Å². The fourth-order valence-electron chi connectivity index (χ4n) is 23.2. The molecule has 0 heterocycles. The van der Waals surface area contributed by atoms with Gasteiger partial charge in [0, 0.05) is 10.8 Å². The molecule has 0 spiro atoms. The molecule has 0 radical (unpaired) electrons. The van der Waals surface area contributed by atoms with Crippen molar-refractivity contribution in [3.05, 3.63) is 212 Å². The van der Waals surface area contributed by atoms with E-state index in [4.69, 9.17) is 0 Å². The highest BCUT2D eigenvalue weighted by Gasteiger charge is 2.55. The highest BCUT2D eigenvalue weighted by atomic mass is 28.3. The van der Waals surface area contributed by atoms with E-state index in [2.05, 4.69) is 374 Å². The van der Waals surface area contributed by atoms with Gasteiger partial charge in [-0.05, 0) is 281 Å². The van der Waals surface area contributed by atoms with E-state index >= 15 is 0 Å². The Kier molecular flexibility index (Phi) is 21.4. The first kappa shape index (κ1) is 81.9. The predicted molar refractivity (Wildman–Crippen MR) is 503 cm³/mol. The maximum atomic E-state index is 2.75. The molecule has 0 aromatic heterocycles. The van der Waals surface area contributed by atoms with Gasteiger partial charge >= 0.3 is 0 Å². The van der Waals surface area contributed by atoms with Gasteiger partial charge in [0.05, 0.1) is 16.1 Å². The van der Waals surface area contributed by atoms with Crippen LogP contribution in [-0.2, 0) is 23.7 Å². The van der Waals surface area contributed by atoms with Gasteiger partial charge in [-0.15, -0.1) is 0 Å². The molecule has 14 rings (SSSR count). The Morgan fingerprint density at radius 1 is 0.297 bits per heavy atom. The van der Waals surface area contributed by atoms with Crippen LogP contribution in [0.1, 0.15) is 331 Å². The van der Waals surface area contributed by atoms with Crippen LogP contribution in [0.5, 0.6) is 0 Å². The normalized spacial score (nSPS) is 15.1. The second kappa shape index (κ2) is 29.0. The molecule has 111 heavy (non-hydrogen) atoms. The van der Waals surface area contributed by atoms with E-state index in [9.17, 15) is 0 Å². The van der Waals surface area contributed by atoms with E-state index in [0.29, 0.717) is 52.9 Å². The number of fused-ring (bicyclic) bond motifs is 2. The van der Waals surface area contributed by atoms with Crippen molar-refractivity contribution in [2.75, 3.05) is 0 Å². The molecule has 0 aliphatic heterocycles. The monoisotopic (exact) mass is 1510 g/mol. The quantitative estimate of drug-likeness (QED) is 0.0456. The molecular formula is C109H140Si2. The minimum atomic E-state index is -2.41. The van der Waals surface area contributed by atoms with Crippen LogP contribution in [0.4, 0.5) is 0 Å². The van der Waals surface area contributed by atoms with Crippen LogP contribution in [0.2, 0.25) is 32.7 Å². The third kappa shape index (κ3) is 12.8. The van der Waals surface area contributed by atoms with Gasteiger partial charge in [-0.25, -0.2) is 0 Å². The number of aryl methyl sites for hydroxylation is 2. The Morgan fingerprint density at radius 2 is 0.649 bits per heavy atom. The van der Waals surface area contributed by atoms with E-state index in [1.54, 1.807) is 10.4 Å². The zero-order chi connectivity index (χ0) is 81.1. The second-order valence-electron chi connectivity index (χ2n) is 42.1. The molecule has 1 unspecified atom stereocenters. The Balaban J connectivity index is 0.000000247. The van der Waals surface area contributed by atoms with Gasteiger partial charge in [0.1, 0.15) is 0 Å². The van der Waals surface area contributed by atoms with Gasteiger partial charge < -0.3 is 0 Å². The van der Waals surface area contributed by atoms with Crippen molar-refractivity contribution >= 4 is 91.2 Å². The van der Waals surface area contributed by atoms with Crippen molar-refractivity contribution in [1.82, 2.24) is 0 Å². The first-order valence-corrected chi connectivity index (χ1v) is 48.2. The molecule has 0 saturated carbocycles. The number of hydrogen-bond acceptors (Lipinski definition) is 0. The number of benzene rings is 12. The molecule has 0 saturated heterocycles. The van der Waals surface area contributed by atoms with Crippen molar-refractivity contribution in [1.29, 1.82) is 0 Å². The Labute approximate surface area is 675 Å². The summed E-state index contributed by atoms with van der Waals surface area (Å²) >= 11 is 0. The molecule has 1 atom stereocenters. The topological polar surface area (TPSA) is 0 Å². The molecule has 2 aliphatic carbocycles. The minimum absolute atomic E-state index is 0.0526. The first-order chi connectivity index (χ1) is 51.8. The zero-order valence-corrected chi connectivity index (χ0v) is 77.4. The average molecular weight is 1510 g/mol. The molecule has 0 amide bonds. The second-order valence-corrected chi connectivity index (χ2v) is 53.4. The summed E-state index contributed by atoms with van der Waals surface area (Å²) in [5, 5.41) is 21.2. The van der Waals surface area contributed by atoms with Crippen LogP contribution >= 0.6 is 0 Å². The highest BCUT2D eigenvalue weighted by molar-refractivity contribution is 6.98. The fraction of sp³-hybridized carbons (Fsp3) is 0.468. The summed E-state index contributed by atoms with van der Waals surface area (Å²) in [5.41, 5.74) is 29.7. The molecule has 12 aromatic carbocycles. The predicted octanol–water partition coefficient (Wildman–Crippen LogP) is 33.0. The van der Waals surface area contributed by atoms with Crippen molar-refractivity contribution in [3.8, 4) is 44.5 Å². The fourth-order valence-corrected chi connectivity index (χ4v) is 37.6. The third-order valence-electron chi connectivity index (χ3n) is 28.3. The zero-order valence-electron chi connectivity index (χ0n) is 75.4. The molecule has 12 aromatic rings. The van der Waals surface area contributed by atoms with Crippen molar-refractivity contribution in [2.24, 2.45) is 11.8 Å². The van der Waals surface area contributed by atoms with Crippen molar-refractivity contribution in [3.63, 3.8) is 0 Å². The van der Waals surface area contributed by atoms with Gasteiger partial charge in [-0.3, -0.25) is 0 Å². The summed E-state index contributed by atoms with van der Waals surface area (Å²) in [6.07, 6.45) is 2.08. The van der Waals surface area contributed by atoms with E-state index in [1.807, 2.05) is 0 Å². The Hall–Kier alpha value is -7.11. The smallest absolute Gasteiger partial charge is 0.0648 e. The van der Waals surface area contributed by atoms with Crippen LogP contribution in [0.15, 0.2) is 146 Å². The standard InChI is InChI=1S/C73H106Si2.C36H34/c1-42(2)40-74(50(17)18,71(19,20)21)65-30-28-55-56-29-31-66(75(41-43(3)4,72(22,23)24)73(25,26)27)64-39-54(68-59(48(13)14)34-52(45(7)8)35-60(68)49(15)16)37-62(70(56)64)61-36-53(38-63(65)69(55)61)67-57(46(9)10)32-51(44(5)6)33-58(67)47(11)12;1-7-21-13-9-14-22(8-2)29(21)30-23-15-10-17-25-31(23)34-32-24(30)16-11-18-26(32)36(5,6)28-20-12-19-27(33(28)34)35(25,3)4/h28-39,42-50H,40-41H2,1-27H3;9-20H,7-8H2,1-6H3. The van der Waals surface area contributed by atoms with Crippen LogP contribution in [0.3, 0.4) is 0 Å². The summed E-state index contributed by atoms with van der Waals surface area (Å²) in [5.74, 6) is 3.57. The van der Waals surface area contributed by atoms with Crippen LogP contribution < -0.4 is 10.4 Å². The van der Waals surface area contributed by atoms with Gasteiger partial charge in [-0.2, -0.15) is 0 Å². The highest BCUT2D eigenvalue weighted by Crippen LogP contribution is 2.62. The summed E-state index contributed by atoms with van der Waals surface area (Å²) in [4.78, 5) is 0. The summed E-state index contributed by atoms with van der Waals surface area (Å²) in [6.45, 7) is 81.9. The van der Waals surface area contributed by atoms with E-state index in [1.165, 1.54) is 188 Å². The van der Waals surface area contributed by atoms with Crippen molar-refractivity contribution < 1.29 is 0 Å². The number of hydrogen-bond donors (Lipinski definition) is 0. The lowest BCUT2D eigenvalue weighted by molar-refractivity contribution is 0.586. The van der Waals surface area contributed by atoms with Gasteiger partial charge in [-0.1, -0.05) is 372 Å². The largest absolute Gasteiger partial charge is 0.0983 e. The van der Waals surface area contributed by atoms with Gasteiger partial charge in [0.2, 0.25) is 0 Å². The molecule has 0 fully saturated rings. The maximum Gasteiger partial charge on any atom is 0.0983 e. The molecule has 2 aliphatic rings. The molecule has 584 valence electrons. The molecule has 0 bridgehead atoms. The molecular weight excluding hydrogens is 1370 g/mol. The van der Waals surface area contributed by atoms with E-state index in [0.717, 1.165) is 12.8 Å². The summed E-state index contributed by atoms with van der Waals surface area (Å²) < 4.78 is 0. The molecule has 2 heteroatoms. The molecule has 0 nitrogen and oxygen atoms in total. The number of rotatable bonds is 18. The van der Waals surface area contributed by atoms with Crippen LogP contribution in [0, 0.1) is 11.8 Å². The SMILES string of the molecule is CC(C)C[Si](c1ccc2c3ccc([Si](CC(C)C)(C(C)(C)C)C(C)(C)C)c4cc(-c5c(C(C)C)cc(C(C)C)cc5C(C)C)cc(c5cc(-c6c(C(C)C)cc(C(C)C)cc6C(C)C)cc1c25)c43)(C(C)C)C(C)(C)C.CCc1cccc(CC)c1-c1c2cccc3c2c2c4c(cccc14)C(C)(C)c1cccc(c1-2)C3(C)C.